The van der Waals surface area contributed by atoms with E-state index in [1.165, 1.54) is 16.7 Å². The van der Waals surface area contributed by atoms with E-state index in [2.05, 4.69) is 49.0 Å². The van der Waals surface area contributed by atoms with Crippen LogP contribution in [0.25, 0.3) is 0 Å². The van der Waals surface area contributed by atoms with Gasteiger partial charge in [0.1, 0.15) is 5.75 Å². The zero-order chi connectivity index (χ0) is 13.7. The molecule has 0 aliphatic heterocycles. The van der Waals surface area contributed by atoms with Gasteiger partial charge in [0.2, 0.25) is 0 Å². The third-order valence-corrected chi connectivity index (χ3v) is 3.03. The molecule has 3 heteroatoms. The van der Waals surface area contributed by atoms with E-state index >= 15 is 0 Å². The minimum atomic E-state index is 0.741. The molecule has 3 nitrogen and oxygen atoms in total. The molecule has 2 aromatic carbocycles. The van der Waals surface area contributed by atoms with E-state index in [4.69, 9.17) is 4.74 Å². The lowest BCUT2D eigenvalue weighted by Crippen LogP contribution is -2.21. The number of nitrogens with one attached hydrogen (secondary N) is 2. The van der Waals surface area contributed by atoms with Crippen LogP contribution in [0.2, 0.25) is 0 Å². The molecule has 0 atom stereocenters. The standard InChI is InChI=1S/C16H20N2O/c1-12-7-8-16(13(2)9-12)18-17-11-14-5-4-6-15(10-14)19-3/h4-10,17-18H,11H2,1-3H3. The number of aryl methyl sites for hydroxylation is 2. The van der Waals surface area contributed by atoms with Crippen LogP contribution in [0, 0.1) is 13.8 Å². The van der Waals surface area contributed by atoms with Crippen molar-refractivity contribution < 1.29 is 4.74 Å². The van der Waals surface area contributed by atoms with Crippen LogP contribution < -0.4 is 15.6 Å². The van der Waals surface area contributed by atoms with E-state index < -0.39 is 0 Å². The smallest absolute Gasteiger partial charge is 0.119 e. The minimum Gasteiger partial charge on any atom is -0.497 e. The van der Waals surface area contributed by atoms with E-state index in [0.717, 1.165) is 18.0 Å². The van der Waals surface area contributed by atoms with Crippen LogP contribution in [-0.4, -0.2) is 7.11 Å². The largest absolute Gasteiger partial charge is 0.497 e. The molecular formula is C16H20N2O. The average molecular weight is 256 g/mol. The van der Waals surface area contributed by atoms with Gasteiger partial charge < -0.3 is 10.2 Å². The van der Waals surface area contributed by atoms with Gasteiger partial charge in [-0.05, 0) is 43.2 Å². The number of methoxy groups -OCH3 is 1. The van der Waals surface area contributed by atoms with Crippen LogP contribution in [-0.2, 0) is 6.54 Å². The second-order valence-corrected chi connectivity index (χ2v) is 4.65. The maximum atomic E-state index is 5.20. The van der Waals surface area contributed by atoms with Crippen molar-refractivity contribution in [3.63, 3.8) is 0 Å². The van der Waals surface area contributed by atoms with E-state index in [0.29, 0.717) is 0 Å². The minimum absolute atomic E-state index is 0.741. The molecule has 0 radical (unpaired) electrons. The fourth-order valence-corrected chi connectivity index (χ4v) is 1.98. The van der Waals surface area contributed by atoms with Gasteiger partial charge in [0.25, 0.3) is 0 Å². The van der Waals surface area contributed by atoms with Gasteiger partial charge in [0.15, 0.2) is 0 Å². The van der Waals surface area contributed by atoms with Crippen molar-refractivity contribution in [1.29, 1.82) is 0 Å². The van der Waals surface area contributed by atoms with Crippen molar-refractivity contribution in [2.75, 3.05) is 12.5 Å². The van der Waals surface area contributed by atoms with E-state index in [1.54, 1.807) is 7.11 Å². The normalized spacial score (nSPS) is 10.3. The molecule has 0 spiro atoms. The molecule has 2 aromatic rings. The van der Waals surface area contributed by atoms with Gasteiger partial charge >= 0.3 is 0 Å². The highest BCUT2D eigenvalue weighted by molar-refractivity contribution is 5.51. The predicted molar refractivity (Wildman–Crippen MR) is 79.4 cm³/mol. The topological polar surface area (TPSA) is 33.3 Å². The first kappa shape index (κ1) is 13.4. The van der Waals surface area contributed by atoms with Crippen molar-refractivity contribution in [2.24, 2.45) is 0 Å². The Balaban J connectivity index is 1.92. The van der Waals surface area contributed by atoms with Crippen LogP contribution in [0.1, 0.15) is 16.7 Å². The Kier molecular flexibility index (Phi) is 4.42. The summed E-state index contributed by atoms with van der Waals surface area (Å²) in [6.45, 7) is 4.94. The number of hydrogen-bond acceptors (Lipinski definition) is 3. The Morgan fingerprint density at radius 2 is 1.89 bits per heavy atom. The van der Waals surface area contributed by atoms with Crippen LogP contribution in [0.15, 0.2) is 42.5 Å². The quantitative estimate of drug-likeness (QED) is 0.804. The van der Waals surface area contributed by atoms with Crippen molar-refractivity contribution in [2.45, 2.75) is 20.4 Å². The van der Waals surface area contributed by atoms with Gasteiger partial charge in [-0.25, -0.2) is 5.43 Å². The fourth-order valence-electron chi connectivity index (χ4n) is 1.98. The lowest BCUT2D eigenvalue weighted by Gasteiger charge is -2.12. The van der Waals surface area contributed by atoms with Gasteiger partial charge in [-0.3, -0.25) is 0 Å². The summed E-state index contributed by atoms with van der Waals surface area (Å²) >= 11 is 0. The van der Waals surface area contributed by atoms with E-state index in [9.17, 15) is 0 Å². The van der Waals surface area contributed by atoms with E-state index in [1.807, 2.05) is 18.2 Å². The zero-order valence-corrected chi connectivity index (χ0v) is 11.7. The van der Waals surface area contributed by atoms with Crippen LogP contribution in [0.5, 0.6) is 5.75 Å². The summed E-state index contributed by atoms with van der Waals surface area (Å²) in [4.78, 5) is 0. The van der Waals surface area contributed by atoms with Gasteiger partial charge in [-0.2, -0.15) is 0 Å². The maximum absolute atomic E-state index is 5.20. The molecule has 0 aliphatic carbocycles. The van der Waals surface area contributed by atoms with Crippen molar-refractivity contribution >= 4 is 5.69 Å². The molecule has 0 aliphatic rings. The van der Waals surface area contributed by atoms with E-state index in [-0.39, 0.29) is 0 Å². The SMILES string of the molecule is COc1cccc(CNNc2ccc(C)cc2C)c1. The number of hydrogen-bond donors (Lipinski definition) is 2. The Morgan fingerprint density at radius 3 is 2.63 bits per heavy atom. The third-order valence-electron chi connectivity index (χ3n) is 3.03. The van der Waals surface area contributed by atoms with Gasteiger partial charge in [0.05, 0.1) is 12.8 Å². The molecule has 19 heavy (non-hydrogen) atoms. The maximum Gasteiger partial charge on any atom is 0.119 e. The lowest BCUT2D eigenvalue weighted by molar-refractivity contribution is 0.414. The predicted octanol–water partition coefficient (Wildman–Crippen LogP) is 3.43. The van der Waals surface area contributed by atoms with Crippen LogP contribution >= 0.6 is 0 Å². The molecule has 0 saturated heterocycles. The van der Waals surface area contributed by atoms with Crippen LogP contribution in [0.3, 0.4) is 0 Å². The van der Waals surface area contributed by atoms with Gasteiger partial charge in [0, 0.05) is 6.54 Å². The molecule has 100 valence electrons. The number of ether oxygens (including phenoxy) is 1. The molecule has 0 unspecified atom stereocenters. The van der Waals surface area contributed by atoms with Crippen molar-refractivity contribution in [1.82, 2.24) is 5.43 Å². The average Bonchev–Trinajstić information content (AvgIpc) is 2.41. The summed E-state index contributed by atoms with van der Waals surface area (Å²) in [6.07, 6.45) is 0. The molecule has 0 aromatic heterocycles. The number of rotatable bonds is 5. The number of anilines is 1. The first-order valence-electron chi connectivity index (χ1n) is 6.38. The highest BCUT2D eigenvalue weighted by atomic mass is 16.5. The Bertz CT molecular complexity index is 552. The van der Waals surface area contributed by atoms with Crippen molar-refractivity contribution in [3.8, 4) is 5.75 Å². The molecule has 2 rings (SSSR count). The highest BCUT2D eigenvalue weighted by Crippen LogP contribution is 2.15. The fraction of sp³-hybridized carbons (Fsp3) is 0.250. The van der Waals surface area contributed by atoms with Crippen LogP contribution in [0.4, 0.5) is 5.69 Å². The Labute approximate surface area is 114 Å². The van der Waals surface area contributed by atoms with Gasteiger partial charge in [-0.15, -0.1) is 0 Å². The number of hydrazine groups is 1. The first-order chi connectivity index (χ1) is 9.19. The second kappa shape index (κ2) is 6.25. The summed E-state index contributed by atoms with van der Waals surface area (Å²) in [5.41, 5.74) is 11.3. The lowest BCUT2D eigenvalue weighted by atomic mass is 10.1. The molecule has 0 bridgehead atoms. The summed E-state index contributed by atoms with van der Waals surface area (Å²) in [5, 5.41) is 0. The molecule has 0 heterocycles. The molecule has 2 N–H and O–H groups in total. The number of benzene rings is 2. The zero-order valence-electron chi connectivity index (χ0n) is 11.7. The highest BCUT2D eigenvalue weighted by Gasteiger charge is 1.98. The third kappa shape index (κ3) is 3.73. The first-order valence-corrected chi connectivity index (χ1v) is 6.38. The molecule has 0 saturated carbocycles. The summed E-state index contributed by atoms with van der Waals surface area (Å²) in [6, 6.07) is 14.4. The molecule has 0 amide bonds. The Hall–Kier alpha value is -2.00. The summed E-state index contributed by atoms with van der Waals surface area (Å²) in [7, 11) is 1.68. The Morgan fingerprint density at radius 1 is 1.05 bits per heavy atom. The monoisotopic (exact) mass is 256 g/mol. The molecule has 0 fully saturated rings. The van der Waals surface area contributed by atoms with Crippen molar-refractivity contribution in [3.05, 3.63) is 59.2 Å². The summed E-state index contributed by atoms with van der Waals surface area (Å²) < 4.78 is 5.20. The van der Waals surface area contributed by atoms with Gasteiger partial charge in [-0.1, -0.05) is 29.8 Å². The molecular weight excluding hydrogens is 236 g/mol. The summed E-state index contributed by atoms with van der Waals surface area (Å²) in [5.74, 6) is 0.880. The second-order valence-electron chi connectivity index (χ2n) is 4.65.